The first-order valence-electron chi connectivity index (χ1n) is 5.76. The van der Waals surface area contributed by atoms with Crippen LogP contribution in [0.1, 0.15) is 32.6 Å². The highest BCUT2D eigenvalue weighted by Gasteiger charge is 2.29. The van der Waals surface area contributed by atoms with Crippen LogP contribution in [-0.2, 0) is 9.53 Å². The summed E-state index contributed by atoms with van der Waals surface area (Å²) in [7, 11) is 0. The van der Waals surface area contributed by atoms with Gasteiger partial charge in [0.2, 0.25) is 5.91 Å². The summed E-state index contributed by atoms with van der Waals surface area (Å²) in [5, 5.41) is 12.2. The molecule has 1 amide bonds. The first kappa shape index (κ1) is 12.5. The number of nitrogens with one attached hydrogen (secondary N) is 1. The van der Waals surface area contributed by atoms with Crippen LogP contribution in [0.15, 0.2) is 0 Å². The molecular formula is C11H21NO3. The molecular weight excluding hydrogens is 194 g/mol. The van der Waals surface area contributed by atoms with Gasteiger partial charge >= 0.3 is 0 Å². The molecule has 1 saturated carbocycles. The van der Waals surface area contributed by atoms with E-state index in [1.165, 1.54) is 0 Å². The normalized spacial score (nSPS) is 17.5. The van der Waals surface area contributed by atoms with Gasteiger partial charge in [0.15, 0.2) is 0 Å². The first-order chi connectivity index (χ1) is 7.24. The summed E-state index contributed by atoms with van der Waals surface area (Å²) < 4.78 is 5.20. The fourth-order valence-electron chi connectivity index (χ4n) is 1.37. The van der Waals surface area contributed by atoms with Gasteiger partial charge < -0.3 is 15.2 Å². The zero-order chi connectivity index (χ0) is 11.1. The molecule has 0 spiro atoms. The van der Waals surface area contributed by atoms with Crippen molar-refractivity contribution in [3.8, 4) is 0 Å². The molecule has 1 unspecified atom stereocenters. The Morgan fingerprint density at radius 2 is 2.27 bits per heavy atom. The standard InChI is InChI=1S/C11H21NO3/c1-2-6-15-7-5-11(14)12-8-10(13)9-3-4-9/h9-10,13H,2-8H2,1H3,(H,12,14). The van der Waals surface area contributed by atoms with E-state index in [1.807, 2.05) is 6.92 Å². The highest BCUT2D eigenvalue weighted by molar-refractivity contribution is 5.75. The molecule has 1 atom stereocenters. The lowest BCUT2D eigenvalue weighted by Crippen LogP contribution is -2.33. The van der Waals surface area contributed by atoms with E-state index in [1.54, 1.807) is 0 Å². The van der Waals surface area contributed by atoms with Gasteiger partial charge in [0.25, 0.3) is 0 Å². The van der Waals surface area contributed by atoms with Crippen LogP contribution in [0.2, 0.25) is 0 Å². The predicted molar refractivity (Wildman–Crippen MR) is 57.5 cm³/mol. The molecule has 1 rings (SSSR count). The number of ether oxygens (including phenoxy) is 1. The van der Waals surface area contributed by atoms with Crippen LogP contribution >= 0.6 is 0 Å². The topological polar surface area (TPSA) is 58.6 Å². The molecule has 0 heterocycles. The molecule has 1 fully saturated rings. The molecule has 1 aliphatic rings. The molecule has 0 saturated heterocycles. The van der Waals surface area contributed by atoms with Gasteiger partial charge in [0.05, 0.1) is 12.7 Å². The average molecular weight is 215 g/mol. The van der Waals surface area contributed by atoms with E-state index < -0.39 is 0 Å². The number of hydrogen-bond donors (Lipinski definition) is 2. The zero-order valence-corrected chi connectivity index (χ0v) is 9.37. The molecule has 1 aliphatic carbocycles. The summed E-state index contributed by atoms with van der Waals surface area (Å²) in [6.07, 6.45) is 3.19. The van der Waals surface area contributed by atoms with Crippen molar-refractivity contribution >= 4 is 5.91 Å². The fourth-order valence-corrected chi connectivity index (χ4v) is 1.37. The maximum Gasteiger partial charge on any atom is 0.222 e. The number of rotatable bonds is 8. The van der Waals surface area contributed by atoms with Crippen molar-refractivity contribution < 1.29 is 14.6 Å². The maximum absolute atomic E-state index is 11.3. The lowest BCUT2D eigenvalue weighted by Gasteiger charge is -2.10. The highest BCUT2D eigenvalue weighted by Crippen LogP contribution is 2.32. The third-order valence-corrected chi connectivity index (χ3v) is 2.50. The van der Waals surface area contributed by atoms with Gasteiger partial charge in [-0.2, -0.15) is 0 Å². The van der Waals surface area contributed by atoms with Crippen molar-refractivity contribution in [1.29, 1.82) is 0 Å². The molecule has 0 aromatic rings. The Morgan fingerprint density at radius 1 is 1.53 bits per heavy atom. The van der Waals surface area contributed by atoms with Crippen LogP contribution in [0.5, 0.6) is 0 Å². The largest absolute Gasteiger partial charge is 0.391 e. The van der Waals surface area contributed by atoms with E-state index in [0.717, 1.165) is 19.3 Å². The fraction of sp³-hybridized carbons (Fsp3) is 0.909. The smallest absolute Gasteiger partial charge is 0.222 e. The van der Waals surface area contributed by atoms with E-state index in [-0.39, 0.29) is 12.0 Å². The minimum absolute atomic E-state index is 0.0363. The van der Waals surface area contributed by atoms with Crippen LogP contribution in [0, 0.1) is 5.92 Å². The highest BCUT2D eigenvalue weighted by atomic mass is 16.5. The third-order valence-electron chi connectivity index (χ3n) is 2.50. The van der Waals surface area contributed by atoms with Crippen molar-refractivity contribution in [3.63, 3.8) is 0 Å². The Morgan fingerprint density at radius 3 is 2.87 bits per heavy atom. The monoisotopic (exact) mass is 215 g/mol. The van der Waals surface area contributed by atoms with Crippen molar-refractivity contribution in [2.75, 3.05) is 19.8 Å². The Labute approximate surface area is 91.0 Å². The van der Waals surface area contributed by atoms with E-state index in [4.69, 9.17) is 4.74 Å². The number of carbonyl (C=O) groups excluding carboxylic acids is 1. The third kappa shape index (κ3) is 5.74. The maximum atomic E-state index is 11.3. The van der Waals surface area contributed by atoms with Crippen LogP contribution in [0.4, 0.5) is 0 Å². The number of aliphatic hydroxyl groups is 1. The lowest BCUT2D eigenvalue weighted by molar-refractivity contribution is -0.122. The van der Waals surface area contributed by atoms with Gasteiger partial charge in [-0.25, -0.2) is 0 Å². The molecule has 2 N–H and O–H groups in total. The Bertz CT molecular complexity index is 192. The summed E-state index contributed by atoms with van der Waals surface area (Å²) in [5.41, 5.74) is 0. The quantitative estimate of drug-likeness (QED) is 0.586. The molecule has 0 bridgehead atoms. The van der Waals surface area contributed by atoms with E-state index >= 15 is 0 Å². The number of carbonyl (C=O) groups is 1. The number of amides is 1. The first-order valence-corrected chi connectivity index (χ1v) is 5.76. The molecule has 15 heavy (non-hydrogen) atoms. The summed E-state index contributed by atoms with van der Waals surface area (Å²) in [6.45, 7) is 3.60. The summed E-state index contributed by atoms with van der Waals surface area (Å²) >= 11 is 0. The second-order valence-corrected chi connectivity index (χ2v) is 4.07. The van der Waals surface area contributed by atoms with Crippen LogP contribution < -0.4 is 5.32 Å². The van der Waals surface area contributed by atoms with E-state index in [0.29, 0.717) is 32.1 Å². The molecule has 4 heteroatoms. The second kappa shape index (κ2) is 6.80. The van der Waals surface area contributed by atoms with Crippen LogP contribution in [-0.4, -0.2) is 36.9 Å². The van der Waals surface area contributed by atoms with Crippen molar-refractivity contribution in [1.82, 2.24) is 5.32 Å². The molecule has 0 aromatic carbocycles. The Balaban J connectivity index is 1.93. The molecule has 0 aromatic heterocycles. The van der Waals surface area contributed by atoms with Crippen LogP contribution in [0.3, 0.4) is 0 Å². The van der Waals surface area contributed by atoms with Gasteiger partial charge in [0, 0.05) is 19.6 Å². The second-order valence-electron chi connectivity index (χ2n) is 4.07. The van der Waals surface area contributed by atoms with Gasteiger partial charge in [0.1, 0.15) is 0 Å². The molecule has 88 valence electrons. The van der Waals surface area contributed by atoms with Crippen molar-refractivity contribution in [2.45, 2.75) is 38.7 Å². The van der Waals surface area contributed by atoms with Crippen molar-refractivity contribution in [3.05, 3.63) is 0 Å². The predicted octanol–water partition coefficient (Wildman–Crippen LogP) is 0.690. The summed E-state index contributed by atoms with van der Waals surface area (Å²) in [5.74, 6) is 0.382. The van der Waals surface area contributed by atoms with Gasteiger partial charge in [-0.15, -0.1) is 0 Å². The van der Waals surface area contributed by atoms with Crippen LogP contribution in [0.25, 0.3) is 0 Å². The minimum Gasteiger partial charge on any atom is -0.391 e. The van der Waals surface area contributed by atoms with Crippen molar-refractivity contribution in [2.24, 2.45) is 5.92 Å². The summed E-state index contributed by atoms with van der Waals surface area (Å²) in [4.78, 5) is 11.3. The molecule has 4 nitrogen and oxygen atoms in total. The van der Waals surface area contributed by atoms with Gasteiger partial charge in [-0.05, 0) is 25.2 Å². The Kier molecular flexibility index (Phi) is 5.65. The Hall–Kier alpha value is -0.610. The average Bonchev–Trinajstić information content (AvgIpc) is 3.04. The van der Waals surface area contributed by atoms with Gasteiger partial charge in [-0.3, -0.25) is 4.79 Å². The van der Waals surface area contributed by atoms with E-state index in [9.17, 15) is 9.90 Å². The number of hydrogen-bond acceptors (Lipinski definition) is 3. The number of aliphatic hydroxyl groups excluding tert-OH is 1. The van der Waals surface area contributed by atoms with E-state index in [2.05, 4.69) is 5.32 Å². The molecule has 0 radical (unpaired) electrons. The van der Waals surface area contributed by atoms with Gasteiger partial charge in [-0.1, -0.05) is 6.92 Å². The molecule has 0 aliphatic heterocycles. The lowest BCUT2D eigenvalue weighted by atomic mass is 10.2. The summed E-state index contributed by atoms with van der Waals surface area (Å²) in [6, 6.07) is 0. The SMILES string of the molecule is CCCOCCC(=O)NCC(O)C1CC1. The zero-order valence-electron chi connectivity index (χ0n) is 9.37. The minimum atomic E-state index is -0.356.